The monoisotopic (exact) mass is 460 g/mol. The van der Waals surface area contributed by atoms with Crippen molar-refractivity contribution in [1.29, 1.82) is 0 Å². The highest BCUT2D eigenvalue weighted by atomic mass is 28.4. The second-order valence-corrected chi connectivity index (χ2v) is 15.4. The van der Waals surface area contributed by atoms with Crippen LogP contribution in [0.2, 0.25) is 18.1 Å². The van der Waals surface area contributed by atoms with Gasteiger partial charge in [-0.1, -0.05) is 57.2 Å². The van der Waals surface area contributed by atoms with E-state index in [2.05, 4.69) is 39.9 Å². The number of ether oxygens (including phenoxy) is 4. The van der Waals surface area contributed by atoms with Gasteiger partial charge in [0.1, 0.15) is 12.7 Å². The van der Waals surface area contributed by atoms with Gasteiger partial charge in [0.25, 0.3) is 0 Å². The third kappa shape index (κ3) is 4.73. The second kappa shape index (κ2) is 9.03. The maximum absolute atomic E-state index is 11.5. The van der Waals surface area contributed by atoms with Crippen LogP contribution in [0.4, 0.5) is 0 Å². The van der Waals surface area contributed by atoms with E-state index in [-0.39, 0.29) is 47.8 Å². The van der Waals surface area contributed by atoms with Gasteiger partial charge in [-0.2, -0.15) is 0 Å². The van der Waals surface area contributed by atoms with Gasteiger partial charge in [0, 0.05) is 24.3 Å². The molecule has 0 saturated carbocycles. The lowest BCUT2D eigenvalue weighted by molar-refractivity contribution is -0.301. The van der Waals surface area contributed by atoms with Gasteiger partial charge in [-0.25, -0.2) is 0 Å². The topological polar surface area (TPSA) is 63.2 Å². The number of rotatable bonds is 5. The van der Waals surface area contributed by atoms with Crippen LogP contribution in [0, 0.1) is 11.8 Å². The van der Waals surface area contributed by atoms with Crippen molar-refractivity contribution in [3.63, 3.8) is 0 Å². The van der Waals surface area contributed by atoms with Crippen LogP contribution in [0.3, 0.4) is 0 Å². The van der Waals surface area contributed by atoms with Gasteiger partial charge in [0.05, 0.1) is 25.4 Å². The summed E-state index contributed by atoms with van der Waals surface area (Å²) in [5.41, 5.74) is 2.07. The van der Waals surface area contributed by atoms with Crippen LogP contribution in [0.1, 0.15) is 39.5 Å². The summed E-state index contributed by atoms with van der Waals surface area (Å²) in [4.78, 5) is 11.5. The molecule has 6 atom stereocenters. The Morgan fingerprint density at radius 1 is 1.12 bits per heavy atom. The van der Waals surface area contributed by atoms with Crippen molar-refractivity contribution in [2.75, 3.05) is 19.8 Å². The largest absolute Gasteiger partial charge is 0.461 e. The molecule has 2 saturated heterocycles. The predicted molar refractivity (Wildman–Crippen MR) is 124 cm³/mol. The van der Waals surface area contributed by atoms with E-state index in [4.69, 9.17) is 23.4 Å². The van der Waals surface area contributed by atoms with E-state index in [0.717, 1.165) is 11.1 Å². The Balaban J connectivity index is 1.61. The number of hydrogen-bond donors (Lipinski definition) is 0. The summed E-state index contributed by atoms with van der Waals surface area (Å²) in [6.45, 7) is 14.0. The summed E-state index contributed by atoms with van der Waals surface area (Å²) < 4.78 is 31.0. The fraction of sp³-hybridized carbons (Fsp3) is 0.640. The SMILES string of the molecule is CC(=O)OCC1=C[C@H](O[Si](C)(C)C(C)(C)C)[C@@H]2[C@@H]3OC(c4ccccc4)OC[C@H]3OC[C@H]12. The first-order valence-corrected chi connectivity index (χ1v) is 14.4. The average Bonchev–Trinajstić information content (AvgIpc) is 3.09. The zero-order valence-corrected chi connectivity index (χ0v) is 21.0. The fourth-order valence-electron chi connectivity index (χ4n) is 4.57. The van der Waals surface area contributed by atoms with Crippen molar-refractivity contribution in [1.82, 2.24) is 0 Å². The van der Waals surface area contributed by atoms with Crippen LogP contribution in [0.25, 0.3) is 0 Å². The number of carbonyl (C=O) groups is 1. The Kier molecular flexibility index (Phi) is 6.67. The van der Waals surface area contributed by atoms with Crippen molar-refractivity contribution >= 4 is 14.3 Å². The van der Waals surface area contributed by atoms with E-state index >= 15 is 0 Å². The first-order chi connectivity index (χ1) is 15.1. The molecule has 2 fully saturated rings. The van der Waals surface area contributed by atoms with Gasteiger partial charge in [0.15, 0.2) is 14.6 Å². The molecule has 1 aliphatic carbocycles. The molecule has 0 spiro atoms. The van der Waals surface area contributed by atoms with Crippen LogP contribution in [0.5, 0.6) is 0 Å². The van der Waals surface area contributed by atoms with Crippen molar-refractivity contribution in [2.45, 2.75) is 70.4 Å². The normalized spacial score (nSPS) is 32.6. The smallest absolute Gasteiger partial charge is 0.302 e. The zero-order chi connectivity index (χ0) is 23.1. The summed E-state index contributed by atoms with van der Waals surface area (Å²) in [7, 11) is -2.04. The molecule has 2 aliphatic heterocycles. The van der Waals surface area contributed by atoms with Gasteiger partial charge in [-0.05, 0) is 23.7 Å². The molecule has 2 heterocycles. The first-order valence-electron chi connectivity index (χ1n) is 11.5. The molecule has 6 nitrogen and oxygen atoms in total. The minimum atomic E-state index is -2.04. The lowest BCUT2D eigenvalue weighted by Crippen LogP contribution is -2.57. The summed E-state index contributed by atoms with van der Waals surface area (Å²) in [5, 5.41) is 0.0860. The molecule has 4 rings (SSSR count). The van der Waals surface area contributed by atoms with Crippen LogP contribution >= 0.6 is 0 Å². The molecular formula is C25H36O6Si. The van der Waals surface area contributed by atoms with E-state index < -0.39 is 14.6 Å². The quantitative estimate of drug-likeness (QED) is 0.363. The van der Waals surface area contributed by atoms with Gasteiger partial charge < -0.3 is 23.4 Å². The third-order valence-corrected chi connectivity index (χ3v) is 11.9. The summed E-state index contributed by atoms with van der Waals surface area (Å²) in [6.07, 6.45) is 1.35. The lowest BCUT2D eigenvalue weighted by atomic mass is 9.81. The van der Waals surface area contributed by atoms with E-state index in [0.29, 0.717) is 13.2 Å². The molecule has 3 aliphatic rings. The van der Waals surface area contributed by atoms with Crippen molar-refractivity contribution in [2.24, 2.45) is 11.8 Å². The molecule has 0 aromatic heterocycles. The number of hydrogen-bond acceptors (Lipinski definition) is 6. The number of benzene rings is 1. The molecule has 1 aromatic carbocycles. The maximum Gasteiger partial charge on any atom is 0.302 e. The highest BCUT2D eigenvalue weighted by Crippen LogP contribution is 2.48. The van der Waals surface area contributed by atoms with Gasteiger partial charge >= 0.3 is 5.97 Å². The second-order valence-electron chi connectivity index (χ2n) is 10.6. The predicted octanol–water partition coefficient (Wildman–Crippen LogP) is 4.63. The Labute approximate surface area is 192 Å². The Morgan fingerprint density at radius 3 is 2.50 bits per heavy atom. The highest BCUT2D eigenvalue weighted by molar-refractivity contribution is 6.74. The number of esters is 1. The fourth-order valence-corrected chi connectivity index (χ4v) is 5.83. The van der Waals surface area contributed by atoms with Gasteiger partial charge in [-0.3, -0.25) is 4.79 Å². The third-order valence-electron chi connectivity index (χ3n) is 7.38. The number of fused-ring (bicyclic) bond motifs is 3. The van der Waals surface area contributed by atoms with E-state index in [1.165, 1.54) is 6.92 Å². The minimum absolute atomic E-state index is 0.0860. The van der Waals surface area contributed by atoms with E-state index in [9.17, 15) is 4.79 Å². The van der Waals surface area contributed by atoms with Crippen molar-refractivity contribution < 1.29 is 28.2 Å². The van der Waals surface area contributed by atoms with Gasteiger partial charge in [-0.15, -0.1) is 0 Å². The first kappa shape index (κ1) is 23.6. The van der Waals surface area contributed by atoms with Crippen molar-refractivity contribution in [3.05, 3.63) is 47.5 Å². The molecule has 1 aromatic rings. The average molecular weight is 461 g/mol. The molecule has 0 bridgehead atoms. The van der Waals surface area contributed by atoms with Crippen LogP contribution in [-0.4, -0.2) is 52.4 Å². The lowest BCUT2D eigenvalue weighted by Gasteiger charge is -2.48. The molecule has 1 unspecified atom stereocenters. The maximum atomic E-state index is 11.5. The highest BCUT2D eigenvalue weighted by Gasteiger charge is 2.54. The standard InChI is InChI=1S/C25H36O6Si/c1-16(26)27-13-18-12-20(31-32(5,6)25(2,3)4)22-19(18)14-28-21-15-29-24(30-23(21)22)17-10-8-7-9-11-17/h7-12,19-24H,13-15H2,1-6H3/t19-,20+,21-,22-,23-,24?/m1/s1. The van der Waals surface area contributed by atoms with E-state index in [1.54, 1.807) is 0 Å². The van der Waals surface area contributed by atoms with Crippen molar-refractivity contribution in [3.8, 4) is 0 Å². The molecule has 0 N–H and O–H groups in total. The molecule has 176 valence electrons. The molecule has 7 heteroatoms. The Hall–Kier alpha value is -1.51. The summed E-state index contributed by atoms with van der Waals surface area (Å²) in [6, 6.07) is 10.0. The van der Waals surface area contributed by atoms with Gasteiger partial charge in [0.2, 0.25) is 0 Å². The molecular weight excluding hydrogens is 424 g/mol. The van der Waals surface area contributed by atoms with Crippen LogP contribution in [0.15, 0.2) is 42.0 Å². The zero-order valence-electron chi connectivity index (χ0n) is 20.0. The van der Waals surface area contributed by atoms with Crippen LogP contribution in [-0.2, 0) is 28.2 Å². The summed E-state index contributed by atoms with van der Waals surface area (Å²) >= 11 is 0. The molecule has 32 heavy (non-hydrogen) atoms. The summed E-state index contributed by atoms with van der Waals surface area (Å²) in [5.74, 6) is -0.0827. The Morgan fingerprint density at radius 2 is 1.84 bits per heavy atom. The number of carbonyl (C=O) groups excluding carboxylic acids is 1. The van der Waals surface area contributed by atoms with Crippen LogP contribution < -0.4 is 0 Å². The molecule has 0 amide bonds. The van der Waals surface area contributed by atoms with E-state index in [1.807, 2.05) is 30.3 Å². The Bertz CT molecular complexity index is 846. The molecule has 0 radical (unpaired) electrons. The minimum Gasteiger partial charge on any atom is -0.461 e.